The molecule has 2 heteroatoms. The van der Waals surface area contributed by atoms with Gasteiger partial charge in [0, 0.05) is 0 Å². The van der Waals surface area contributed by atoms with Crippen LogP contribution in [0.4, 0.5) is 0 Å². The van der Waals surface area contributed by atoms with Crippen molar-refractivity contribution >= 4 is 0 Å². The molecule has 1 aromatic carbocycles. The topological polar surface area (TPSA) is 0 Å². The summed E-state index contributed by atoms with van der Waals surface area (Å²) in [7, 11) is 0. The Hall–Kier alpha value is 2.36. The van der Waals surface area contributed by atoms with Crippen LogP contribution in [0.2, 0.25) is 0 Å². The van der Waals surface area contributed by atoms with Gasteiger partial charge in [-0.2, -0.15) is 24.1 Å². The van der Waals surface area contributed by atoms with Crippen LogP contribution in [-0.2, 0) is 0 Å². The molecule has 0 aliphatic carbocycles. The Labute approximate surface area is 148 Å². The van der Waals surface area contributed by atoms with Gasteiger partial charge in [0.2, 0.25) is 0 Å². The molecule has 0 saturated heterocycles. The Bertz CT molecular complexity index is 163. The zero-order valence-corrected chi connectivity index (χ0v) is 13.3. The number of hydrogen-bond acceptors (Lipinski definition) is 0. The van der Waals surface area contributed by atoms with Gasteiger partial charge in [0.25, 0.3) is 0 Å². The van der Waals surface area contributed by atoms with E-state index in [-0.39, 0.29) is 103 Å². The Morgan fingerprint density at radius 1 is 1.10 bits per heavy atom. The van der Waals surface area contributed by atoms with Crippen LogP contribution < -0.4 is 103 Å². The van der Waals surface area contributed by atoms with Gasteiger partial charge in [-0.15, -0.1) is 12.1 Å². The maximum absolute atomic E-state index is 3.82. The fraction of sp³-hybridized carbons (Fsp3) is 0.125. The second kappa shape index (κ2) is 7.98. The van der Waals surface area contributed by atoms with Gasteiger partial charge in [-0.1, -0.05) is 13.0 Å². The molecule has 0 fully saturated rings. The molecule has 0 unspecified atom stereocenters. The van der Waals surface area contributed by atoms with Crippen molar-refractivity contribution < 1.29 is 103 Å². The maximum atomic E-state index is 3.82. The number of rotatable bonds is 0. The van der Waals surface area contributed by atoms with Crippen molar-refractivity contribution in [2.45, 2.75) is 6.92 Å². The molecule has 0 heterocycles. The predicted octanol–water partition coefficient (Wildman–Crippen LogP) is -3.81. The van der Waals surface area contributed by atoms with E-state index in [0.717, 1.165) is 5.56 Å². The second-order valence-electron chi connectivity index (χ2n) is 1.93. The van der Waals surface area contributed by atoms with E-state index in [2.05, 4.69) is 19.9 Å². The predicted molar refractivity (Wildman–Crippen MR) is 35.6 cm³/mol. The van der Waals surface area contributed by atoms with Crippen LogP contribution in [0.3, 0.4) is 0 Å². The van der Waals surface area contributed by atoms with Crippen molar-refractivity contribution in [3.63, 3.8) is 0 Å². The molecule has 0 nitrogen and oxygen atoms in total. The van der Waals surface area contributed by atoms with Crippen LogP contribution in [0.25, 0.3) is 0 Å². The Morgan fingerprint density at radius 2 is 1.60 bits per heavy atom. The molecule has 0 aromatic heterocycles. The van der Waals surface area contributed by atoms with Crippen molar-refractivity contribution in [1.82, 2.24) is 0 Å². The monoisotopic (exact) mass is 183 g/mol. The molecule has 1 rings (SSSR count). The minimum absolute atomic E-state index is 0. The summed E-state index contributed by atoms with van der Waals surface area (Å²) >= 11 is 0. The molecule has 0 spiro atoms. The van der Waals surface area contributed by atoms with Crippen molar-refractivity contribution in [3.05, 3.63) is 42.3 Å². The third-order valence-corrected chi connectivity index (χ3v) is 1.26. The summed E-state index contributed by atoms with van der Waals surface area (Å²) in [6.45, 7) is 5.88. The first kappa shape index (κ1) is 14.9. The summed E-state index contributed by atoms with van der Waals surface area (Å²) < 4.78 is 0. The van der Waals surface area contributed by atoms with Crippen molar-refractivity contribution in [1.29, 1.82) is 0 Å². The molecule has 0 amide bonds. The normalized spacial score (nSPS) is 7.30. The zero-order valence-electron chi connectivity index (χ0n) is 7.02. The number of benzene rings is 1. The second-order valence-corrected chi connectivity index (χ2v) is 1.93. The van der Waals surface area contributed by atoms with Gasteiger partial charge in [-0.05, 0) is 0 Å². The van der Waals surface area contributed by atoms with Crippen molar-refractivity contribution in [3.8, 4) is 0 Å². The fourth-order valence-electron chi connectivity index (χ4n) is 0.610. The van der Waals surface area contributed by atoms with Crippen LogP contribution >= 0.6 is 0 Å². The van der Waals surface area contributed by atoms with Gasteiger partial charge in [0.15, 0.2) is 0 Å². The van der Waals surface area contributed by atoms with Gasteiger partial charge in [-0.3, -0.25) is 0 Å². The smallest absolute Gasteiger partial charge is 0.198 e. The van der Waals surface area contributed by atoms with Crippen molar-refractivity contribution in [2.75, 3.05) is 0 Å². The van der Waals surface area contributed by atoms with E-state index < -0.39 is 0 Å². The molecule has 0 bridgehead atoms. The average molecular weight is 183 g/mol. The van der Waals surface area contributed by atoms with Gasteiger partial charge in [0.1, 0.15) is 0 Å². The third-order valence-electron chi connectivity index (χ3n) is 1.26. The molecule has 1 aromatic rings. The van der Waals surface area contributed by atoms with E-state index >= 15 is 0 Å². The minimum atomic E-state index is 0. The van der Waals surface area contributed by atoms with Gasteiger partial charge >= 0.3 is 103 Å². The molecular formula is C8H9K2+. The summed E-state index contributed by atoms with van der Waals surface area (Å²) in [5, 5.41) is 0. The number of aryl methyl sites for hydroxylation is 1. The van der Waals surface area contributed by atoms with E-state index in [4.69, 9.17) is 0 Å². The van der Waals surface area contributed by atoms with Crippen LogP contribution in [0.15, 0.2) is 24.3 Å². The van der Waals surface area contributed by atoms with E-state index in [0.29, 0.717) is 0 Å². The van der Waals surface area contributed by atoms with Gasteiger partial charge in [0.05, 0.1) is 0 Å². The van der Waals surface area contributed by atoms with Gasteiger partial charge in [-0.25, -0.2) is 0 Å². The standard InChI is InChI=1S/C8H9.2K/c1-7-5-3-4-6-8(7)2;;/h3-6H,1H2,2H3;;/q-1;2*+1. The molecular weight excluding hydrogens is 174 g/mol. The first-order valence-corrected chi connectivity index (χ1v) is 2.68. The largest absolute Gasteiger partial charge is 1.00 e. The Kier molecular flexibility index (Phi) is 11.9. The van der Waals surface area contributed by atoms with E-state index in [1.807, 2.05) is 18.2 Å². The van der Waals surface area contributed by atoms with Crippen LogP contribution in [-0.4, -0.2) is 0 Å². The van der Waals surface area contributed by atoms with Crippen LogP contribution in [0, 0.1) is 13.8 Å². The third kappa shape index (κ3) is 5.09. The molecule has 10 heavy (non-hydrogen) atoms. The summed E-state index contributed by atoms with van der Waals surface area (Å²) in [5.74, 6) is 0. The molecule has 0 aliphatic rings. The van der Waals surface area contributed by atoms with Crippen LogP contribution in [0.1, 0.15) is 11.1 Å². The summed E-state index contributed by atoms with van der Waals surface area (Å²) in [5.41, 5.74) is 2.38. The van der Waals surface area contributed by atoms with Crippen LogP contribution in [0.5, 0.6) is 0 Å². The van der Waals surface area contributed by atoms with E-state index in [9.17, 15) is 0 Å². The molecule has 0 N–H and O–H groups in total. The van der Waals surface area contributed by atoms with E-state index in [1.54, 1.807) is 0 Å². The number of hydrogen-bond donors (Lipinski definition) is 0. The molecule has 42 valence electrons. The Balaban J connectivity index is 0. The first-order valence-electron chi connectivity index (χ1n) is 2.68. The molecule has 0 radical (unpaired) electrons. The fourth-order valence-corrected chi connectivity index (χ4v) is 0.610. The SMILES string of the molecule is [CH2-]c1ccccc1C.[K+].[K+]. The quantitative estimate of drug-likeness (QED) is 0.286. The summed E-state index contributed by atoms with van der Waals surface area (Å²) in [4.78, 5) is 0. The maximum Gasteiger partial charge on any atom is 1.00 e. The van der Waals surface area contributed by atoms with E-state index in [1.165, 1.54) is 5.56 Å². The van der Waals surface area contributed by atoms with Crippen molar-refractivity contribution in [2.24, 2.45) is 0 Å². The Morgan fingerprint density at radius 3 is 1.90 bits per heavy atom. The summed E-state index contributed by atoms with van der Waals surface area (Å²) in [6, 6.07) is 8.08. The molecule has 0 atom stereocenters. The molecule has 0 aliphatic heterocycles. The zero-order chi connectivity index (χ0) is 5.98. The first-order chi connectivity index (χ1) is 3.80. The van der Waals surface area contributed by atoms with Gasteiger partial charge < -0.3 is 0 Å². The average Bonchev–Trinajstić information content (AvgIpc) is 1.77. The summed E-state index contributed by atoms with van der Waals surface area (Å²) in [6.07, 6.45) is 0. The minimum Gasteiger partial charge on any atom is -0.198 e. The molecule has 0 saturated carbocycles.